The van der Waals surface area contributed by atoms with Gasteiger partial charge in [0.1, 0.15) is 19.0 Å². The Labute approximate surface area is 77.6 Å². The third kappa shape index (κ3) is 3.79. The first-order chi connectivity index (χ1) is 6.33. The maximum absolute atomic E-state index is 5.28. The Bertz CT molecular complexity index is 258. The fraction of sp³-hybridized carbons (Fsp3) is 0.400. The number of furan rings is 1. The number of terminal acetylenes is 1. The Morgan fingerprint density at radius 1 is 1.62 bits per heavy atom. The Morgan fingerprint density at radius 3 is 3.08 bits per heavy atom. The molecule has 0 aliphatic heterocycles. The third-order valence-corrected chi connectivity index (χ3v) is 1.44. The molecule has 3 nitrogen and oxygen atoms in total. The van der Waals surface area contributed by atoms with Gasteiger partial charge in [0.25, 0.3) is 0 Å². The number of rotatable bonds is 5. The van der Waals surface area contributed by atoms with Crippen molar-refractivity contribution in [3.63, 3.8) is 0 Å². The molecule has 1 atom stereocenters. The first-order valence-electron chi connectivity index (χ1n) is 4.02. The maximum atomic E-state index is 5.28. The average Bonchev–Trinajstić information content (AvgIpc) is 2.64. The van der Waals surface area contributed by atoms with Crippen LogP contribution in [-0.4, -0.2) is 12.9 Å². The zero-order chi connectivity index (χ0) is 9.52. The summed E-state index contributed by atoms with van der Waals surface area (Å²) in [5, 5.41) is 0. The van der Waals surface area contributed by atoms with Crippen molar-refractivity contribution in [2.45, 2.75) is 19.8 Å². The molecule has 1 rings (SSSR count). The summed E-state index contributed by atoms with van der Waals surface area (Å²) in [6.07, 6.45) is 6.32. The lowest BCUT2D eigenvalue weighted by Gasteiger charge is -2.10. The van der Waals surface area contributed by atoms with Gasteiger partial charge in [0, 0.05) is 0 Å². The van der Waals surface area contributed by atoms with Crippen LogP contribution in [0.25, 0.3) is 0 Å². The van der Waals surface area contributed by atoms with E-state index in [1.54, 1.807) is 13.2 Å². The topological polar surface area (TPSA) is 31.6 Å². The van der Waals surface area contributed by atoms with Crippen LogP contribution in [0.15, 0.2) is 22.8 Å². The highest BCUT2D eigenvalue weighted by Gasteiger charge is 2.02. The molecule has 0 saturated heterocycles. The van der Waals surface area contributed by atoms with Gasteiger partial charge in [-0.15, -0.1) is 6.42 Å². The summed E-state index contributed by atoms with van der Waals surface area (Å²) in [5.41, 5.74) is 0. The summed E-state index contributed by atoms with van der Waals surface area (Å²) in [6, 6.07) is 3.65. The van der Waals surface area contributed by atoms with Crippen molar-refractivity contribution >= 4 is 0 Å². The summed E-state index contributed by atoms with van der Waals surface area (Å²) >= 11 is 0. The molecular formula is C10H12O3. The second-order valence-corrected chi connectivity index (χ2v) is 2.47. The van der Waals surface area contributed by atoms with Crippen LogP contribution in [0.3, 0.4) is 0 Å². The second-order valence-electron chi connectivity index (χ2n) is 2.47. The van der Waals surface area contributed by atoms with Gasteiger partial charge in [-0.3, -0.25) is 0 Å². The van der Waals surface area contributed by atoms with Gasteiger partial charge in [0.05, 0.1) is 6.26 Å². The minimum atomic E-state index is -0.304. The smallest absolute Gasteiger partial charge is 0.156 e. The van der Waals surface area contributed by atoms with E-state index in [4.69, 9.17) is 20.3 Å². The molecule has 0 aliphatic carbocycles. The van der Waals surface area contributed by atoms with Gasteiger partial charge in [-0.1, -0.05) is 5.92 Å². The minimum absolute atomic E-state index is 0.263. The van der Waals surface area contributed by atoms with E-state index >= 15 is 0 Å². The van der Waals surface area contributed by atoms with Gasteiger partial charge >= 0.3 is 0 Å². The molecule has 70 valence electrons. The van der Waals surface area contributed by atoms with E-state index < -0.39 is 0 Å². The first kappa shape index (κ1) is 9.85. The fourth-order valence-electron chi connectivity index (χ4n) is 0.808. The van der Waals surface area contributed by atoms with Crippen LogP contribution in [0.2, 0.25) is 0 Å². The molecule has 0 N–H and O–H groups in total. The zero-order valence-corrected chi connectivity index (χ0v) is 7.53. The van der Waals surface area contributed by atoms with Crippen LogP contribution in [0, 0.1) is 12.3 Å². The number of hydrogen-bond donors (Lipinski definition) is 0. The van der Waals surface area contributed by atoms with Crippen molar-refractivity contribution in [3.8, 4) is 12.3 Å². The molecule has 0 aliphatic rings. The molecule has 0 spiro atoms. The van der Waals surface area contributed by atoms with Crippen molar-refractivity contribution in [2.75, 3.05) is 6.61 Å². The standard InChI is InChI=1S/C10H12O3/c1-3-6-11-9(2)13-8-10-5-4-7-12-10/h1,4-5,7,9H,6,8H2,2H3. The second kappa shape index (κ2) is 5.41. The predicted octanol–water partition coefficient (Wildman–Crippen LogP) is 1.79. The summed E-state index contributed by atoms with van der Waals surface area (Å²) < 4.78 is 15.4. The lowest BCUT2D eigenvalue weighted by Crippen LogP contribution is -2.12. The Morgan fingerprint density at radius 2 is 2.46 bits per heavy atom. The third-order valence-electron chi connectivity index (χ3n) is 1.44. The highest BCUT2D eigenvalue weighted by Crippen LogP contribution is 2.04. The molecule has 1 unspecified atom stereocenters. The molecule has 0 radical (unpaired) electrons. The molecular weight excluding hydrogens is 168 g/mol. The first-order valence-corrected chi connectivity index (χ1v) is 4.02. The van der Waals surface area contributed by atoms with E-state index in [1.807, 2.05) is 12.1 Å². The Kier molecular flexibility index (Phi) is 4.10. The Hall–Kier alpha value is -1.24. The van der Waals surface area contributed by atoms with E-state index in [-0.39, 0.29) is 12.9 Å². The van der Waals surface area contributed by atoms with Crippen molar-refractivity contribution in [1.29, 1.82) is 0 Å². The average molecular weight is 180 g/mol. The number of ether oxygens (including phenoxy) is 2. The van der Waals surface area contributed by atoms with Gasteiger partial charge in [-0.2, -0.15) is 0 Å². The predicted molar refractivity (Wildman–Crippen MR) is 47.7 cm³/mol. The number of hydrogen-bond acceptors (Lipinski definition) is 3. The van der Waals surface area contributed by atoms with Crippen LogP contribution >= 0.6 is 0 Å². The molecule has 0 aromatic carbocycles. The summed E-state index contributed by atoms with van der Waals surface area (Å²) in [4.78, 5) is 0. The van der Waals surface area contributed by atoms with E-state index in [0.717, 1.165) is 5.76 Å². The molecule has 1 aromatic rings. The quantitative estimate of drug-likeness (QED) is 0.511. The van der Waals surface area contributed by atoms with E-state index in [2.05, 4.69) is 5.92 Å². The molecule has 13 heavy (non-hydrogen) atoms. The van der Waals surface area contributed by atoms with Crippen molar-refractivity contribution in [3.05, 3.63) is 24.2 Å². The molecule has 1 aromatic heterocycles. The van der Waals surface area contributed by atoms with Crippen molar-refractivity contribution < 1.29 is 13.9 Å². The highest BCUT2D eigenvalue weighted by atomic mass is 16.7. The largest absolute Gasteiger partial charge is 0.467 e. The van der Waals surface area contributed by atoms with E-state index in [9.17, 15) is 0 Å². The summed E-state index contributed by atoms with van der Waals surface area (Å²) in [6.45, 7) is 2.46. The van der Waals surface area contributed by atoms with Gasteiger partial charge < -0.3 is 13.9 Å². The lowest BCUT2D eigenvalue weighted by atomic mass is 10.5. The molecule has 1 heterocycles. The molecule has 0 bridgehead atoms. The molecule has 0 saturated carbocycles. The maximum Gasteiger partial charge on any atom is 0.156 e. The van der Waals surface area contributed by atoms with Crippen molar-refractivity contribution in [2.24, 2.45) is 0 Å². The zero-order valence-electron chi connectivity index (χ0n) is 7.53. The van der Waals surface area contributed by atoms with Crippen molar-refractivity contribution in [1.82, 2.24) is 0 Å². The van der Waals surface area contributed by atoms with Crippen LogP contribution in [0.4, 0.5) is 0 Å². The monoisotopic (exact) mass is 180 g/mol. The van der Waals surface area contributed by atoms with Gasteiger partial charge in [-0.05, 0) is 19.1 Å². The van der Waals surface area contributed by atoms with Crippen LogP contribution in [0.1, 0.15) is 12.7 Å². The van der Waals surface area contributed by atoms with Crippen LogP contribution < -0.4 is 0 Å². The molecule has 3 heteroatoms. The summed E-state index contributed by atoms with van der Waals surface area (Å²) in [7, 11) is 0. The van der Waals surface area contributed by atoms with Gasteiger partial charge in [0.15, 0.2) is 6.29 Å². The molecule has 0 amide bonds. The van der Waals surface area contributed by atoms with Crippen LogP contribution in [-0.2, 0) is 16.1 Å². The lowest BCUT2D eigenvalue weighted by molar-refractivity contribution is -0.131. The highest BCUT2D eigenvalue weighted by molar-refractivity contribution is 4.96. The fourth-order valence-corrected chi connectivity index (χ4v) is 0.808. The van der Waals surface area contributed by atoms with Gasteiger partial charge in [-0.25, -0.2) is 0 Å². The van der Waals surface area contributed by atoms with E-state index in [1.165, 1.54) is 0 Å². The molecule has 0 fully saturated rings. The van der Waals surface area contributed by atoms with Crippen LogP contribution in [0.5, 0.6) is 0 Å². The van der Waals surface area contributed by atoms with E-state index in [0.29, 0.717) is 6.61 Å². The SMILES string of the molecule is C#CCOC(C)OCc1ccco1. The van der Waals surface area contributed by atoms with Gasteiger partial charge in [0.2, 0.25) is 0 Å². The normalized spacial score (nSPS) is 12.3. The minimum Gasteiger partial charge on any atom is -0.467 e. The Balaban J connectivity index is 2.16. The summed E-state index contributed by atoms with van der Waals surface area (Å²) in [5.74, 6) is 3.14.